The maximum absolute atomic E-state index is 12.1. The molecule has 0 unspecified atom stereocenters. The lowest BCUT2D eigenvalue weighted by molar-refractivity contribution is -0.126. The lowest BCUT2D eigenvalue weighted by Crippen LogP contribution is -2.42. The van der Waals surface area contributed by atoms with Crippen LogP contribution >= 0.6 is 0 Å². The second-order valence-electron chi connectivity index (χ2n) is 5.64. The van der Waals surface area contributed by atoms with E-state index in [0.717, 1.165) is 24.9 Å². The van der Waals surface area contributed by atoms with E-state index in [1.54, 1.807) is 18.2 Å². The van der Waals surface area contributed by atoms with E-state index < -0.39 is 13.0 Å². The van der Waals surface area contributed by atoms with E-state index in [1.165, 1.54) is 0 Å². The van der Waals surface area contributed by atoms with Crippen molar-refractivity contribution in [2.75, 3.05) is 13.2 Å². The average Bonchev–Trinajstić information content (AvgIpc) is 2.51. The molecule has 4 nitrogen and oxygen atoms in total. The molecule has 1 fully saturated rings. The van der Waals surface area contributed by atoms with Gasteiger partial charge in [0.05, 0.1) is 0 Å². The summed E-state index contributed by atoms with van der Waals surface area (Å²) in [6.45, 7) is 2.69. The molecule has 1 saturated heterocycles. The van der Waals surface area contributed by atoms with Crippen LogP contribution in [0.5, 0.6) is 5.75 Å². The Morgan fingerprint density at radius 3 is 3.05 bits per heavy atom. The fourth-order valence-electron chi connectivity index (χ4n) is 2.61. The van der Waals surface area contributed by atoms with Gasteiger partial charge in [-0.25, -0.2) is 8.78 Å². The summed E-state index contributed by atoms with van der Waals surface area (Å²) in [5.41, 5.74) is 0.835. The number of carbonyl (C=O) groups is 1. The van der Waals surface area contributed by atoms with E-state index in [2.05, 4.69) is 17.6 Å². The predicted octanol–water partition coefficient (Wildman–Crippen LogP) is 2.33. The monoisotopic (exact) mass is 312 g/mol. The van der Waals surface area contributed by atoms with Crippen molar-refractivity contribution in [1.29, 1.82) is 0 Å². The molecule has 1 heterocycles. The van der Waals surface area contributed by atoms with Crippen LogP contribution in [0.3, 0.4) is 0 Å². The molecule has 1 aromatic rings. The Balaban J connectivity index is 1.83. The molecule has 1 aliphatic heterocycles. The maximum atomic E-state index is 12.1. The molecule has 0 radical (unpaired) electrons. The summed E-state index contributed by atoms with van der Waals surface area (Å²) in [7, 11) is 0. The summed E-state index contributed by atoms with van der Waals surface area (Å²) < 4.78 is 29.2. The van der Waals surface area contributed by atoms with E-state index >= 15 is 0 Å². The smallest absolute Gasteiger partial charge is 0.272 e. The lowest BCUT2D eigenvalue weighted by Gasteiger charge is -2.27. The molecule has 2 rings (SSSR count). The van der Waals surface area contributed by atoms with Crippen molar-refractivity contribution in [2.45, 2.75) is 38.8 Å². The number of carbonyl (C=O) groups excluding carboxylic acids is 1. The molecular formula is C16H22F2N2O2. The SMILES string of the molecule is C[C@H]1C[C@@H](C(=O)NCc2cccc(OCC(F)F)c2)CCN1. The molecule has 22 heavy (non-hydrogen) atoms. The molecule has 0 aromatic heterocycles. The maximum Gasteiger partial charge on any atom is 0.272 e. The first-order valence-electron chi connectivity index (χ1n) is 7.55. The zero-order chi connectivity index (χ0) is 15.9. The first-order valence-corrected chi connectivity index (χ1v) is 7.55. The normalized spacial score (nSPS) is 21.6. The summed E-state index contributed by atoms with van der Waals surface area (Å²) in [6.07, 6.45) is -0.817. The standard InChI is InChI=1S/C16H22F2N2O2/c1-11-7-13(5-6-19-11)16(21)20-9-12-3-2-4-14(8-12)22-10-15(17)18/h2-4,8,11,13,15,19H,5-7,9-10H2,1H3,(H,20,21)/t11-,13-/m0/s1. The van der Waals surface area contributed by atoms with Crippen LogP contribution in [0.15, 0.2) is 24.3 Å². The third-order valence-electron chi connectivity index (χ3n) is 3.74. The fraction of sp³-hybridized carbons (Fsp3) is 0.562. The molecule has 0 saturated carbocycles. The van der Waals surface area contributed by atoms with Crippen molar-refractivity contribution in [3.8, 4) is 5.75 Å². The number of halogens is 2. The Morgan fingerprint density at radius 1 is 1.50 bits per heavy atom. The number of nitrogens with one attached hydrogen (secondary N) is 2. The number of hydrogen-bond donors (Lipinski definition) is 2. The summed E-state index contributed by atoms with van der Waals surface area (Å²) in [5, 5.41) is 6.22. The molecule has 2 N–H and O–H groups in total. The van der Waals surface area contributed by atoms with Gasteiger partial charge < -0.3 is 15.4 Å². The molecule has 6 heteroatoms. The molecule has 2 atom stereocenters. The minimum Gasteiger partial charge on any atom is -0.488 e. The minimum atomic E-state index is -2.50. The Hall–Kier alpha value is -1.69. The van der Waals surface area contributed by atoms with E-state index in [4.69, 9.17) is 4.74 Å². The van der Waals surface area contributed by atoms with Gasteiger partial charge in [0.15, 0.2) is 0 Å². The van der Waals surface area contributed by atoms with Crippen molar-refractivity contribution >= 4 is 5.91 Å². The Labute approximate surface area is 129 Å². The van der Waals surface area contributed by atoms with Crippen LogP contribution in [0.1, 0.15) is 25.3 Å². The van der Waals surface area contributed by atoms with Crippen LogP contribution in [-0.2, 0) is 11.3 Å². The Kier molecular flexibility index (Phi) is 6.12. The number of alkyl halides is 2. The summed E-state index contributed by atoms with van der Waals surface area (Å²) in [6, 6.07) is 7.22. The first-order chi connectivity index (χ1) is 10.5. The van der Waals surface area contributed by atoms with Crippen LogP contribution in [0.4, 0.5) is 8.78 Å². The van der Waals surface area contributed by atoms with Gasteiger partial charge in [-0.15, -0.1) is 0 Å². The van der Waals surface area contributed by atoms with Crippen molar-refractivity contribution < 1.29 is 18.3 Å². The van der Waals surface area contributed by atoms with Crippen LogP contribution < -0.4 is 15.4 Å². The van der Waals surface area contributed by atoms with Crippen LogP contribution in [0, 0.1) is 5.92 Å². The van der Waals surface area contributed by atoms with Gasteiger partial charge in [-0.3, -0.25) is 4.79 Å². The number of piperidine rings is 1. The van der Waals surface area contributed by atoms with Crippen LogP contribution in [-0.4, -0.2) is 31.5 Å². The highest BCUT2D eigenvalue weighted by Crippen LogP contribution is 2.17. The molecule has 1 aromatic carbocycles. The highest BCUT2D eigenvalue weighted by Gasteiger charge is 2.24. The average molecular weight is 312 g/mol. The van der Waals surface area contributed by atoms with Gasteiger partial charge in [-0.05, 0) is 44.0 Å². The van der Waals surface area contributed by atoms with E-state index in [9.17, 15) is 13.6 Å². The third kappa shape index (κ3) is 5.26. The van der Waals surface area contributed by atoms with Crippen molar-refractivity contribution in [3.05, 3.63) is 29.8 Å². The summed E-state index contributed by atoms with van der Waals surface area (Å²) >= 11 is 0. The third-order valence-corrected chi connectivity index (χ3v) is 3.74. The number of hydrogen-bond acceptors (Lipinski definition) is 3. The number of ether oxygens (including phenoxy) is 1. The molecular weight excluding hydrogens is 290 g/mol. The second-order valence-corrected chi connectivity index (χ2v) is 5.64. The van der Waals surface area contributed by atoms with Gasteiger partial charge >= 0.3 is 0 Å². The van der Waals surface area contributed by atoms with Crippen molar-refractivity contribution in [2.24, 2.45) is 5.92 Å². The van der Waals surface area contributed by atoms with Gasteiger partial charge in [0.2, 0.25) is 5.91 Å². The van der Waals surface area contributed by atoms with Crippen LogP contribution in [0.25, 0.3) is 0 Å². The van der Waals surface area contributed by atoms with Crippen molar-refractivity contribution in [3.63, 3.8) is 0 Å². The van der Waals surface area contributed by atoms with Crippen molar-refractivity contribution in [1.82, 2.24) is 10.6 Å². The van der Waals surface area contributed by atoms with E-state index in [1.807, 2.05) is 6.07 Å². The molecule has 1 aliphatic rings. The molecule has 0 spiro atoms. The minimum absolute atomic E-state index is 0.0366. The van der Waals surface area contributed by atoms with Gasteiger partial charge in [0.25, 0.3) is 6.43 Å². The highest BCUT2D eigenvalue weighted by molar-refractivity contribution is 5.78. The number of benzene rings is 1. The Morgan fingerprint density at radius 2 is 2.32 bits per heavy atom. The van der Waals surface area contributed by atoms with Gasteiger partial charge in [0, 0.05) is 18.5 Å². The highest BCUT2D eigenvalue weighted by atomic mass is 19.3. The number of rotatable bonds is 6. The van der Waals surface area contributed by atoms with E-state index in [-0.39, 0.29) is 11.8 Å². The first kappa shape index (κ1) is 16.7. The topological polar surface area (TPSA) is 50.4 Å². The molecule has 0 aliphatic carbocycles. The molecule has 1 amide bonds. The summed E-state index contributed by atoms with van der Waals surface area (Å²) in [5.74, 6) is 0.476. The zero-order valence-corrected chi connectivity index (χ0v) is 12.6. The predicted molar refractivity (Wildman–Crippen MR) is 80.0 cm³/mol. The van der Waals surface area contributed by atoms with Gasteiger partial charge in [-0.1, -0.05) is 12.1 Å². The Bertz CT molecular complexity index is 497. The quantitative estimate of drug-likeness (QED) is 0.848. The zero-order valence-electron chi connectivity index (χ0n) is 12.6. The van der Waals surface area contributed by atoms with E-state index in [0.29, 0.717) is 18.3 Å². The number of amides is 1. The van der Waals surface area contributed by atoms with Crippen LogP contribution in [0.2, 0.25) is 0 Å². The largest absolute Gasteiger partial charge is 0.488 e. The lowest BCUT2D eigenvalue weighted by atomic mass is 9.92. The van der Waals surface area contributed by atoms with Gasteiger partial charge in [-0.2, -0.15) is 0 Å². The summed E-state index contributed by atoms with van der Waals surface area (Å²) in [4.78, 5) is 12.1. The second kappa shape index (κ2) is 8.08. The van der Waals surface area contributed by atoms with Gasteiger partial charge in [0.1, 0.15) is 12.4 Å². The molecule has 0 bridgehead atoms. The molecule has 122 valence electrons. The fourth-order valence-corrected chi connectivity index (χ4v) is 2.61.